The zero-order valence-electron chi connectivity index (χ0n) is 13.7. The summed E-state index contributed by atoms with van der Waals surface area (Å²) in [6.07, 6.45) is -0.888. The van der Waals surface area contributed by atoms with Gasteiger partial charge in [-0.15, -0.1) is 0 Å². The topological polar surface area (TPSA) is 69.8 Å². The fourth-order valence-electron chi connectivity index (χ4n) is 2.93. The molecule has 0 aliphatic carbocycles. The SMILES string of the molecule is Cc1ccc(F)c(-c2cc([C@H](C)N3CCN(C(=O)O)CC3)no2)c1. The van der Waals surface area contributed by atoms with Crippen LogP contribution in [0.3, 0.4) is 0 Å². The van der Waals surface area contributed by atoms with E-state index in [1.165, 1.54) is 11.0 Å². The number of aromatic nitrogens is 1. The van der Waals surface area contributed by atoms with Crippen LogP contribution in [0.5, 0.6) is 0 Å². The lowest BCUT2D eigenvalue weighted by molar-refractivity contribution is 0.0871. The molecular weight excluding hydrogens is 313 g/mol. The average Bonchev–Trinajstić information content (AvgIpc) is 3.06. The molecule has 1 aliphatic heterocycles. The highest BCUT2D eigenvalue weighted by molar-refractivity contribution is 5.65. The van der Waals surface area contributed by atoms with Crippen molar-refractivity contribution >= 4 is 6.09 Å². The van der Waals surface area contributed by atoms with Crippen LogP contribution in [0.25, 0.3) is 11.3 Å². The maximum atomic E-state index is 14.0. The molecule has 128 valence electrons. The predicted octanol–water partition coefficient (Wildman–Crippen LogP) is 3.15. The molecule has 1 atom stereocenters. The van der Waals surface area contributed by atoms with Crippen molar-refractivity contribution in [3.8, 4) is 11.3 Å². The van der Waals surface area contributed by atoms with Crippen molar-refractivity contribution in [2.45, 2.75) is 19.9 Å². The maximum Gasteiger partial charge on any atom is 0.407 e. The van der Waals surface area contributed by atoms with E-state index in [-0.39, 0.29) is 11.9 Å². The molecule has 1 saturated heterocycles. The minimum atomic E-state index is -0.888. The zero-order chi connectivity index (χ0) is 17.3. The second-order valence-electron chi connectivity index (χ2n) is 6.08. The fraction of sp³-hybridized carbons (Fsp3) is 0.412. The summed E-state index contributed by atoms with van der Waals surface area (Å²) in [4.78, 5) is 14.5. The average molecular weight is 333 g/mol. The van der Waals surface area contributed by atoms with Crippen LogP contribution in [0.2, 0.25) is 0 Å². The number of rotatable bonds is 3. The largest absolute Gasteiger partial charge is 0.465 e. The molecule has 3 rings (SSSR count). The molecule has 0 radical (unpaired) electrons. The van der Waals surface area contributed by atoms with Crippen molar-refractivity contribution in [3.63, 3.8) is 0 Å². The Morgan fingerprint density at radius 3 is 2.67 bits per heavy atom. The summed E-state index contributed by atoms with van der Waals surface area (Å²) in [6, 6.07) is 6.59. The Morgan fingerprint density at radius 1 is 1.29 bits per heavy atom. The third kappa shape index (κ3) is 3.26. The summed E-state index contributed by atoms with van der Waals surface area (Å²) in [5.41, 5.74) is 2.06. The number of carbonyl (C=O) groups is 1. The number of hydrogen-bond donors (Lipinski definition) is 1. The maximum absolute atomic E-state index is 14.0. The van der Waals surface area contributed by atoms with Crippen molar-refractivity contribution < 1.29 is 18.8 Å². The number of halogens is 1. The van der Waals surface area contributed by atoms with E-state index in [0.29, 0.717) is 37.5 Å². The van der Waals surface area contributed by atoms with Gasteiger partial charge in [-0.3, -0.25) is 4.90 Å². The lowest BCUT2D eigenvalue weighted by Gasteiger charge is -2.36. The minimum Gasteiger partial charge on any atom is -0.465 e. The molecule has 1 aromatic heterocycles. The van der Waals surface area contributed by atoms with E-state index in [9.17, 15) is 9.18 Å². The molecule has 0 spiro atoms. The van der Waals surface area contributed by atoms with Gasteiger partial charge in [0.05, 0.1) is 11.6 Å². The molecular formula is C17H20FN3O3. The van der Waals surface area contributed by atoms with Gasteiger partial charge >= 0.3 is 6.09 Å². The second-order valence-corrected chi connectivity index (χ2v) is 6.08. The standard InChI is InChI=1S/C17H20FN3O3/c1-11-3-4-14(18)13(9-11)16-10-15(19-24-16)12(2)20-5-7-21(8-6-20)17(22)23/h3-4,9-10,12H,5-8H2,1-2H3,(H,22,23)/t12-/m0/s1. The highest BCUT2D eigenvalue weighted by Gasteiger charge is 2.26. The van der Waals surface area contributed by atoms with Crippen LogP contribution in [0, 0.1) is 12.7 Å². The monoisotopic (exact) mass is 333 g/mol. The van der Waals surface area contributed by atoms with Crippen molar-refractivity contribution in [2.75, 3.05) is 26.2 Å². The van der Waals surface area contributed by atoms with Gasteiger partial charge in [0.15, 0.2) is 5.76 Å². The Hall–Kier alpha value is -2.41. The molecule has 6 nitrogen and oxygen atoms in total. The number of carboxylic acid groups (broad SMARTS) is 1. The first kappa shape index (κ1) is 16.4. The molecule has 0 unspecified atom stereocenters. The molecule has 2 aromatic rings. The first-order valence-electron chi connectivity index (χ1n) is 7.91. The molecule has 1 N–H and O–H groups in total. The molecule has 0 saturated carbocycles. The van der Waals surface area contributed by atoms with E-state index in [0.717, 1.165) is 11.3 Å². The summed E-state index contributed by atoms with van der Waals surface area (Å²) in [5.74, 6) is 0.0632. The molecule has 24 heavy (non-hydrogen) atoms. The van der Waals surface area contributed by atoms with Crippen LogP contribution < -0.4 is 0 Å². The third-order valence-corrected chi connectivity index (χ3v) is 4.48. The number of aryl methyl sites for hydroxylation is 1. The fourth-order valence-corrected chi connectivity index (χ4v) is 2.93. The zero-order valence-corrected chi connectivity index (χ0v) is 13.7. The van der Waals surface area contributed by atoms with Crippen molar-refractivity contribution in [1.82, 2.24) is 15.0 Å². The normalized spacial score (nSPS) is 17.0. The number of benzene rings is 1. The summed E-state index contributed by atoms with van der Waals surface area (Å²) >= 11 is 0. The Kier molecular flexibility index (Phi) is 4.53. The Morgan fingerprint density at radius 2 is 2.00 bits per heavy atom. The highest BCUT2D eigenvalue weighted by atomic mass is 19.1. The summed E-state index contributed by atoms with van der Waals surface area (Å²) < 4.78 is 19.3. The van der Waals surface area contributed by atoms with Crippen molar-refractivity contribution in [1.29, 1.82) is 0 Å². The van der Waals surface area contributed by atoms with E-state index in [2.05, 4.69) is 10.1 Å². The predicted molar refractivity (Wildman–Crippen MR) is 86.2 cm³/mol. The molecule has 1 aliphatic rings. The van der Waals surface area contributed by atoms with Gasteiger partial charge in [0, 0.05) is 32.2 Å². The molecule has 7 heteroatoms. The van der Waals surface area contributed by atoms with Gasteiger partial charge in [-0.1, -0.05) is 16.8 Å². The summed E-state index contributed by atoms with van der Waals surface area (Å²) in [7, 11) is 0. The van der Waals surface area contributed by atoms with E-state index < -0.39 is 6.09 Å². The Balaban J connectivity index is 1.74. The van der Waals surface area contributed by atoms with Gasteiger partial charge in [0.2, 0.25) is 0 Å². The van der Waals surface area contributed by atoms with E-state index in [1.807, 2.05) is 13.8 Å². The number of piperazine rings is 1. The van der Waals surface area contributed by atoms with Gasteiger partial charge in [-0.2, -0.15) is 0 Å². The van der Waals surface area contributed by atoms with Crippen molar-refractivity contribution in [3.05, 3.63) is 41.3 Å². The Labute approximate surface area is 139 Å². The number of nitrogens with zero attached hydrogens (tertiary/aromatic N) is 3. The van der Waals surface area contributed by atoms with Crippen LogP contribution in [-0.4, -0.2) is 52.3 Å². The molecule has 1 amide bonds. The Bertz CT molecular complexity index is 738. The van der Waals surface area contributed by atoms with E-state index in [4.69, 9.17) is 9.63 Å². The third-order valence-electron chi connectivity index (χ3n) is 4.48. The van der Waals surface area contributed by atoms with Crippen molar-refractivity contribution in [2.24, 2.45) is 0 Å². The van der Waals surface area contributed by atoms with Crippen LogP contribution in [0.15, 0.2) is 28.8 Å². The highest BCUT2D eigenvalue weighted by Crippen LogP contribution is 2.28. The van der Waals surface area contributed by atoms with Gasteiger partial charge in [-0.25, -0.2) is 9.18 Å². The van der Waals surface area contributed by atoms with Crippen LogP contribution >= 0.6 is 0 Å². The smallest absolute Gasteiger partial charge is 0.407 e. The second kappa shape index (κ2) is 6.60. The summed E-state index contributed by atoms with van der Waals surface area (Å²) in [6.45, 7) is 6.09. The number of hydrogen-bond acceptors (Lipinski definition) is 4. The van der Waals surface area contributed by atoms with Gasteiger partial charge in [-0.05, 0) is 26.0 Å². The van der Waals surface area contributed by atoms with Gasteiger partial charge in [0.25, 0.3) is 0 Å². The van der Waals surface area contributed by atoms with Crippen LogP contribution in [-0.2, 0) is 0 Å². The molecule has 1 aromatic carbocycles. The summed E-state index contributed by atoms with van der Waals surface area (Å²) in [5, 5.41) is 13.1. The lowest BCUT2D eigenvalue weighted by Crippen LogP contribution is -2.48. The van der Waals surface area contributed by atoms with Crippen LogP contribution in [0.1, 0.15) is 24.2 Å². The minimum absolute atomic E-state index is 0.0219. The first-order chi connectivity index (χ1) is 11.5. The van der Waals surface area contributed by atoms with E-state index in [1.54, 1.807) is 18.2 Å². The molecule has 1 fully saturated rings. The van der Waals surface area contributed by atoms with Gasteiger partial charge < -0.3 is 14.5 Å². The van der Waals surface area contributed by atoms with Gasteiger partial charge in [0.1, 0.15) is 11.5 Å². The van der Waals surface area contributed by atoms with Crippen LogP contribution in [0.4, 0.5) is 9.18 Å². The molecule has 0 bridgehead atoms. The lowest BCUT2D eigenvalue weighted by atomic mass is 10.1. The van der Waals surface area contributed by atoms with E-state index >= 15 is 0 Å². The number of amides is 1. The quantitative estimate of drug-likeness (QED) is 0.934. The molecule has 2 heterocycles. The first-order valence-corrected chi connectivity index (χ1v) is 7.91.